The van der Waals surface area contributed by atoms with E-state index < -0.39 is 0 Å². The highest BCUT2D eigenvalue weighted by molar-refractivity contribution is 4.94. The molecule has 88 valence electrons. The summed E-state index contributed by atoms with van der Waals surface area (Å²) in [5.41, 5.74) is 0. The zero-order chi connectivity index (χ0) is 11.0. The Morgan fingerprint density at radius 3 is 2.94 bits per heavy atom. The molecule has 0 saturated heterocycles. The van der Waals surface area contributed by atoms with Crippen molar-refractivity contribution in [1.29, 1.82) is 0 Å². The molecule has 3 unspecified atom stereocenters. The van der Waals surface area contributed by atoms with Crippen molar-refractivity contribution in [3.63, 3.8) is 0 Å². The molecule has 0 spiro atoms. The van der Waals surface area contributed by atoms with Gasteiger partial charge in [0.2, 0.25) is 5.89 Å². The first-order valence-corrected chi connectivity index (χ1v) is 6.34. The lowest BCUT2D eigenvalue weighted by Crippen LogP contribution is -2.35. The highest BCUT2D eigenvalue weighted by atomic mass is 16.5. The number of aromatic nitrogens is 2. The van der Waals surface area contributed by atoms with E-state index in [4.69, 9.17) is 4.52 Å². The Bertz CT molecular complexity index is 363. The smallest absolute Gasteiger partial charge is 0.223 e. The zero-order valence-corrected chi connectivity index (χ0v) is 9.78. The average molecular weight is 221 g/mol. The van der Waals surface area contributed by atoms with E-state index in [9.17, 15) is 0 Å². The van der Waals surface area contributed by atoms with Gasteiger partial charge in [-0.05, 0) is 31.1 Å². The molecule has 1 N–H and O–H groups in total. The summed E-state index contributed by atoms with van der Waals surface area (Å²) >= 11 is 0. The molecule has 3 rings (SSSR count). The largest absolute Gasteiger partial charge is 0.340 e. The van der Waals surface area contributed by atoms with Crippen molar-refractivity contribution in [2.45, 2.75) is 45.1 Å². The summed E-state index contributed by atoms with van der Waals surface area (Å²) in [6.45, 7) is 2.81. The molecule has 16 heavy (non-hydrogen) atoms. The summed E-state index contributed by atoms with van der Waals surface area (Å²) in [6, 6.07) is 0.756. The second-order valence-electron chi connectivity index (χ2n) is 5.22. The maximum absolute atomic E-state index is 4.95. The third-order valence-electron chi connectivity index (χ3n) is 4.06. The van der Waals surface area contributed by atoms with Gasteiger partial charge in [0.15, 0.2) is 5.82 Å². The molecule has 2 aliphatic rings. The van der Waals surface area contributed by atoms with Crippen LogP contribution in [0, 0.1) is 18.8 Å². The Hall–Kier alpha value is -0.900. The fraction of sp³-hybridized carbons (Fsp3) is 0.833. The van der Waals surface area contributed by atoms with Gasteiger partial charge in [0.05, 0.1) is 0 Å². The van der Waals surface area contributed by atoms with Gasteiger partial charge in [-0.1, -0.05) is 11.6 Å². The molecule has 0 amide bonds. The lowest BCUT2D eigenvalue weighted by molar-refractivity contribution is 0.350. The average Bonchev–Trinajstić information content (AvgIpc) is 2.94. The minimum atomic E-state index is 0.662. The Morgan fingerprint density at radius 2 is 2.31 bits per heavy atom. The predicted molar refractivity (Wildman–Crippen MR) is 60.0 cm³/mol. The van der Waals surface area contributed by atoms with Gasteiger partial charge in [0, 0.05) is 25.9 Å². The van der Waals surface area contributed by atoms with E-state index in [0.717, 1.165) is 36.7 Å². The second-order valence-corrected chi connectivity index (χ2v) is 5.22. The summed E-state index contributed by atoms with van der Waals surface area (Å²) < 4.78 is 4.95. The minimum Gasteiger partial charge on any atom is -0.340 e. The van der Waals surface area contributed by atoms with Crippen LogP contribution in [0.2, 0.25) is 0 Å². The molecule has 2 bridgehead atoms. The second kappa shape index (κ2) is 4.17. The van der Waals surface area contributed by atoms with Crippen molar-refractivity contribution in [1.82, 2.24) is 15.5 Å². The van der Waals surface area contributed by atoms with Gasteiger partial charge in [-0.25, -0.2) is 0 Å². The van der Waals surface area contributed by atoms with E-state index in [1.54, 1.807) is 0 Å². The van der Waals surface area contributed by atoms with Crippen LogP contribution < -0.4 is 5.32 Å². The standard InChI is InChI=1S/C12H19N3O/c1-8-14-12(15-16-8)4-5-13-11-7-9-2-3-10(11)6-9/h9-11,13H,2-7H2,1H3. The first-order valence-electron chi connectivity index (χ1n) is 6.34. The van der Waals surface area contributed by atoms with Gasteiger partial charge >= 0.3 is 0 Å². The van der Waals surface area contributed by atoms with E-state index in [1.807, 2.05) is 6.92 Å². The first-order chi connectivity index (χ1) is 7.81. The Balaban J connectivity index is 1.44. The number of hydrogen-bond donors (Lipinski definition) is 1. The van der Waals surface area contributed by atoms with Crippen LogP contribution in [0.4, 0.5) is 0 Å². The maximum atomic E-state index is 4.95. The van der Waals surface area contributed by atoms with Crippen LogP contribution in [-0.4, -0.2) is 22.7 Å². The monoisotopic (exact) mass is 221 g/mol. The Kier molecular flexibility index (Phi) is 2.67. The molecule has 0 radical (unpaired) electrons. The van der Waals surface area contributed by atoms with E-state index in [1.165, 1.54) is 25.7 Å². The molecule has 2 fully saturated rings. The van der Waals surface area contributed by atoms with Crippen LogP contribution in [0.15, 0.2) is 4.52 Å². The fourth-order valence-electron chi connectivity index (χ4n) is 3.31. The molecule has 4 heteroatoms. The molecule has 4 nitrogen and oxygen atoms in total. The summed E-state index contributed by atoms with van der Waals surface area (Å²) in [5.74, 6) is 3.44. The van der Waals surface area contributed by atoms with Crippen molar-refractivity contribution in [2.75, 3.05) is 6.54 Å². The number of nitrogens with one attached hydrogen (secondary N) is 1. The number of nitrogens with zero attached hydrogens (tertiary/aromatic N) is 2. The predicted octanol–water partition coefficient (Wildman–Crippen LogP) is 1.70. The molecular weight excluding hydrogens is 202 g/mol. The van der Waals surface area contributed by atoms with Gasteiger partial charge in [-0.3, -0.25) is 0 Å². The van der Waals surface area contributed by atoms with Crippen molar-refractivity contribution >= 4 is 0 Å². The highest BCUT2D eigenvalue weighted by Gasteiger charge is 2.38. The number of aryl methyl sites for hydroxylation is 1. The van der Waals surface area contributed by atoms with Crippen LogP contribution in [-0.2, 0) is 6.42 Å². The summed E-state index contributed by atoms with van der Waals surface area (Å²) in [5, 5.41) is 7.55. The number of rotatable bonds is 4. The van der Waals surface area contributed by atoms with Gasteiger partial charge in [-0.2, -0.15) is 4.98 Å². The molecule has 1 aromatic rings. The zero-order valence-electron chi connectivity index (χ0n) is 9.78. The van der Waals surface area contributed by atoms with Crippen molar-refractivity contribution in [3.8, 4) is 0 Å². The number of hydrogen-bond acceptors (Lipinski definition) is 4. The van der Waals surface area contributed by atoms with E-state index >= 15 is 0 Å². The molecule has 0 aliphatic heterocycles. The van der Waals surface area contributed by atoms with Crippen LogP contribution in [0.5, 0.6) is 0 Å². The lowest BCUT2D eigenvalue weighted by Gasteiger charge is -2.22. The fourth-order valence-corrected chi connectivity index (χ4v) is 3.31. The van der Waals surface area contributed by atoms with Gasteiger partial charge < -0.3 is 9.84 Å². The summed E-state index contributed by atoms with van der Waals surface area (Å²) in [4.78, 5) is 4.20. The van der Waals surface area contributed by atoms with Crippen LogP contribution >= 0.6 is 0 Å². The third kappa shape index (κ3) is 1.98. The van der Waals surface area contributed by atoms with Crippen molar-refractivity contribution in [3.05, 3.63) is 11.7 Å². The van der Waals surface area contributed by atoms with Crippen LogP contribution in [0.25, 0.3) is 0 Å². The highest BCUT2D eigenvalue weighted by Crippen LogP contribution is 2.44. The van der Waals surface area contributed by atoms with Gasteiger partial charge in [0.1, 0.15) is 0 Å². The minimum absolute atomic E-state index is 0.662. The SMILES string of the molecule is Cc1nc(CCNC2CC3CCC2C3)no1. The summed E-state index contributed by atoms with van der Waals surface area (Å²) in [6.07, 6.45) is 6.62. The molecule has 3 atom stereocenters. The summed E-state index contributed by atoms with van der Waals surface area (Å²) in [7, 11) is 0. The first kappa shape index (κ1) is 10.3. The van der Waals surface area contributed by atoms with E-state index in [2.05, 4.69) is 15.5 Å². The molecule has 0 aromatic carbocycles. The molecule has 2 aliphatic carbocycles. The molecule has 2 saturated carbocycles. The molecule has 1 heterocycles. The number of fused-ring (bicyclic) bond motifs is 2. The third-order valence-corrected chi connectivity index (χ3v) is 4.06. The Labute approximate surface area is 95.8 Å². The van der Waals surface area contributed by atoms with Crippen molar-refractivity contribution in [2.24, 2.45) is 11.8 Å². The van der Waals surface area contributed by atoms with Gasteiger partial charge in [-0.15, -0.1) is 0 Å². The molecule has 1 aromatic heterocycles. The lowest BCUT2D eigenvalue weighted by atomic mass is 9.95. The van der Waals surface area contributed by atoms with E-state index in [-0.39, 0.29) is 0 Å². The van der Waals surface area contributed by atoms with E-state index in [0.29, 0.717) is 5.89 Å². The van der Waals surface area contributed by atoms with Gasteiger partial charge in [0.25, 0.3) is 0 Å². The van der Waals surface area contributed by atoms with Crippen LogP contribution in [0.3, 0.4) is 0 Å². The molecular formula is C12H19N3O. The van der Waals surface area contributed by atoms with Crippen LogP contribution in [0.1, 0.15) is 37.4 Å². The maximum Gasteiger partial charge on any atom is 0.223 e. The normalized spacial score (nSPS) is 32.4. The topological polar surface area (TPSA) is 51.0 Å². The quantitative estimate of drug-likeness (QED) is 0.840. The Morgan fingerprint density at radius 1 is 1.38 bits per heavy atom. The van der Waals surface area contributed by atoms with Crippen molar-refractivity contribution < 1.29 is 4.52 Å².